The average Bonchev–Trinajstić information content (AvgIpc) is 2.77. The predicted molar refractivity (Wildman–Crippen MR) is 65.2 cm³/mol. The van der Waals surface area contributed by atoms with Crippen LogP contribution in [0.5, 0.6) is 0 Å². The number of anilines is 1. The summed E-state index contributed by atoms with van der Waals surface area (Å²) in [5, 5.41) is 0. The molecule has 1 aromatic heterocycles. The molecule has 4 nitrogen and oxygen atoms in total. The van der Waals surface area contributed by atoms with Gasteiger partial charge in [0.25, 0.3) is 0 Å². The Morgan fingerprint density at radius 2 is 2.06 bits per heavy atom. The van der Waals surface area contributed by atoms with E-state index >= 15 is 0 Å². The Hall–Kier alpha value is -1.20. The number of benzene rings is 1. The first kappa shape index (κ1) is 9.99. The maximum absolute atomic E-state index is 5.37. The molecule has 2 heterocycles. The van der Waals surface area contributed by atoms with Gasteiger partial charge in [0, 0.05) is 13.1 Å². The van der Waals surface area contributed by atoms with Crippen molar-refractivity contribution in [1.82, 2.24) is 8.75 Å². The van der Waals surface area contributed by atoms with Gasteiger partial charge >= 0.3 is 0 Å². The van der Waals surface area contributed by atoms with Crippen LogP contribution in [0.15, 0.2) is 12.1 Å². The van der Waals surface area contributed by atoms with Gasteiger partial charge in [0.1, 0.15) is 11.0 Å². The zero-order chi connectivity index (χ0) is 11.0. The van der Waals surface area contributed by atoms with Crippen molar-refractivity contribution in [1.29, 1.82) is 0 Å². The third kappa shape index (κ3) is 1.66. The molecule has 2 aromatic rings. The second kappa shape index (κ2) is 3.99. The first-order valence-corrected chi connectivity index (χ1v) is 6.13. The molecule has 0 amide bonds. The molecule has 0 atom stereocenters. The van der Waals surface area contributed by atoms with Crippen LogP contribution in [0, 0.1) is 6.92 Å². The largest absolute Gasteiger partial charge is 0.378 e. The standard InChI is InChI=1S/C11H13N3OS/c1-8-6-9-11(13-16-12-9)10(7-8)14-2-4-15-5-3-14/h6-7H,2-5H2,1H3. The summed E-state index contributed by atoms with van der Waals surface area (Å²) in [6.45, 7) is 5.58. The van der Waals surface area contributed by atoms with Gasteiger partial charge in [-0.25, -0.2) is 0 Å². The van der Waals surface area contributed by atoms with Crippen LogP contribution in [0.25, 0.3) is 11.0 Å². The van der Waals surface area contributed by atoms with Crippen molar-refractivity contribution in [2.45, 2.75) is 6.92 Å². The van der Waals surface area contributed by atoms with Crippen LogP contribution in [0.1, 0.15) is 5.56 Å². The highest BCUT2D eigenvalue weighted by atomic mass is 32.1. The van der Waals surface area contributed by atoms with E-state index in [0.717, 1.165) is 37.3 Å². The second-order valence-corrected chi connectivity index (χ2v) is 4.54. The van der Waals surface area contributed by atoms with E-state index in [1.54, 1.807) is 0 Å². The minimum Gasteiger partial charge on any atom is -0.378 e. The SMILES string of the molecule is Cc1cc(N2CCOCC2)c2nsnc2c1. The topological polar surface area (TPSA) is 38.2 Å². The summed E-state index contributed by atoms with van der Waals surface area (Å²) in [6, 6.07) is 4.28. The summed E-state index contributed by atoms with van der Waals surface area (Å²) in [5.41, 5.74) is 4.47. The van der Waals surface area contributed by atoms with Gasteiger partial charge in [-0.1, -0.05) is 0 Å². The molecule has 0 spiro atoms. The summed E-state index contributed by atoms with van der Waals surface area (Å²) in [4.78, 5) is 2.33. The number of rotatable bonds is 1. The number of aromatic nitrogens is 2. The summed E-state index contributed by atoms with van der Waals surface area (Å²) >= 11 is 1.28. The minimum atomic E-state index is 0.799. The van der Waals surface area contributed by atoms with E-state index in [1.807, 2.05) is 0 Å². The second-order valence-electron chi connectivity index (χ2n) is 4.02. The van der Waals surface area contributed by atoms with Gasteiger partial charge in [0.05, 0.1) is 30.6 Å². The minimum absolute atomic E-state index is 0.799. The van der Waals surface area contributed by atoms with Crippen LogP contribution in [-0.4, -0.2) is 35.1 Å². The first-order chi connectivity index (χ1) is 7.84. The van der Waals surface area contributed by atoms with Gasteiger partial charge in [-0.15, -0.1) is 0 Å². The molecule has 1 saturated heterocycles. The van der Waals surface area contributed by atoms with E-state index in [1.165, 1.54) is 23.0 Å². The van der Waals surface area contributed by atoms with Crippen LogP contribution in [-0.2, 0) is 4.74 Å². The van der Waals surface area contributed by atoms with Crippen molar-refractivity contribution in [3.05, 3.63) is 17.7 Å². The number of ether oxygens (including phenoxy) is 1. The van der Waals surface area contributed by atoms with E-state index in [-0.39, 0.29) is 0 Å². The number of aryl methyl sites for hydroxylation is 1. The van der Waals surface area contributed by atoms with Gasteiger partial charge in [-0.05, 0) is 24.6 Å². The van der Waals surface area contributed by atoms with Crippen LogP contribution in [0.2, 0.25) is 0 Å². The number of hydrogen-bond acceptors (Lipinski definition) is 5. The molecule has 3 rings (SSSR count). The molecular weight excluding hydrogens is 222 g/mol. The Bertz CT molecular complexity index is 505. The van der Waals surface area contributed by atoms with Gasteiger partial charge < -0.3 is 9.64 Å². The number of nitrogens with zero attached hydrogens (tertiary/aromatic N) is 3. The third-order valence-electron chi connectivity index (χ3n) is 2.84. The molecule has 1 aromatic carbocycles. The molecule has 16 heavy (non-hydrogen) atoms. The summed E-state index contributed by atoms with van der Waals surface area (Å²) < 4.78 is 14.1. The average molecular weight is 235 g/mol. The van der Waals surface area contributed by atoms with E-state index < -0.39 is 0 Å². The van der Waals surface area contributed by atoms with Crippen LogP contribution in [0.4, 0.5) is 5.69 Å². The Labute approximate surface area is 98.2 Å². The lowest BCUT2D eigenvalue weighted by Gasteiger charge is -2.29. The Kier molecular flexibility index (Phi) is 2.49. The fourth-order valence-corrected chi connectivity index (χ4v) is 2.59. The zero-order valence-electron chi connectivity index (χ0n) is 9.14. The Morgan fingerprint density at radius 3 is 2.88 bits per heavy atom. The van der Waals surface area contributed by atoms with E-state index in [0.29, 0.717) is 0 Å². The normalized spacial score (nSPS) is 16.9. The monoisotopic (exact) mass is 235 g/mol. The lowest BCUT2D eigenvalue weighted by molar-refractivity contribution is 0.123. The molecular formula is C11H13N3OS. The van der Waals surface area contributed by atoms with Crippen molar-refractivity contribution in [3.8, 4) is 0 Å². The van der Waals surface area contributed by atoms with Crippen molar-refractivity contribution in [2.24, 2.45) is 0 Å². The van der Waals surface area contributed by atoms with Crippen LogP contribution in [0.3, 0.4) is 0 Å². The molecule has 0 aliphatic carbocycles. The Morgan fingerprint density at radius 1 is 1.25 bits per heavy atom. The van der Waals surface area contributed by atoms with Crippen molar-refractivity contribution >= 4 is 28.4 Å². The van der Waals surface area contributed by atoms with Crippen molar-refractivity contribution in [2.75, 3.05) is 31.2 Å². The molecule has 0 N–H and O–H groups in total. The molecule has 0 unspecified atom stereocenters. The molecule has 0 saturated carbocycles. The summed E-state index contributed by atoms with van der Waals surface area (Å²) in [6.07, 6.45) is 0. The van der Waals surface area contributed by atoms with Gasteiger partial charge in [0.15, 0.2) is 0 Å². The highest BCUT2D eigenvalue weighted by molar-refractivity contribution is 7.00. The highest BCUT2D eigenvalue weighted by Gasteiger charge is 2.16. The molecule has 1 aliphatic heterocycles. The third-order valence-corrected chi connectivity index (χ3v) is 3.38. The van der Waals surface area contributed by atoms with Gasteiger partial charge in [0.2, 0.25) is 0 Å². The van der Waals surface area contributed by atoms with Gasteiger partial charge in [-0.3, -0.25) is 0 Å². The maximum Gasteiger partial charge on any atom is 0.128 e. The fraction of sp³-hybridized carbons (Fsp3) is 0.455. The number of hydrogen-bond donors (Lipinski definition) is 0. The van der Waals surface area contributed by atoms with E-state index in [9.17, 15) is 0 Å². The smallest absolute Gasteiger partial charge is 0.128 e. The van der Waals surface area contributed by atoms with Crippen molar-refractivity contribution in [3.63, 3.8) is 0 Å². The lowest BCUT2D eigenvalue weighted by atomic mass is 10.1. The van der Waals surface area contributed by atoms with Crippen LogP contribution >= 0.6 is 11.7 Å². The molecule has 84 valence electrons. The Balaban J connectivity index is 2.09. The summed E-state index contributed by atoms with van der Waals surface area (Å²) in [5.74, 6) is 0. The highest BCUT2D eigenvalue weighted by Crippen LogP contribution is 2.27. The zero-order valence-corrected chi connectivity index (χ0v) is 9.96. The molecule has 0 bridgehead atoms. The van der Waals surface area contributed by atoms with E-state index in [2.05, 4.69) is 32.7 Å². The fourth-order valence-electron chi connectivity index (χ4n) is 2.05. The quantitative estimate of drug-likeness (QED) is 0.756. The van der Waals surface area contributed by atoms with Crippen molar-refractivity contribution < 1.29 is 4.74 Å². The molecule has 1 aliphatic rings. The van der Waals surface area contributed by atoms with Crippen LogP contribution < -0.4 is 4.90 Å². The van der Waals surface area contributed by atoms with Gasteiger partial charge in [-0.2, -0.15) is 8.75 Å². The predicted octanol–water partition coefficient (Wildman–Crippen LogP) is 1.84. The lowest BCUT2D eigenvalue weighted by Crippen LogP contribution is -2.36. The summed E-state index contributed by atoms with van der Waals surface area (Å²) in [7, 11) is 0. The van der Waals surface area contributed by atoms with E-state index in [4.69, 9.17) is 4.74 Å². The number of morpholine rings is 1. The molecule has 0 radical (unpaired) electrons. The first-order valence-electron chi connectivity index (χ1n) is 5.40. The number of fused-ring (bicyclic) bond motifs is 1. The molecule has 1 fully saturated rings. The molecule has 5 heteroatoms. The maximum atomic E-state index is 5.37.